The topological polar surface area (TPSA) is 52.5 Å². The van der Waals surface area contributed by atoms with Gasteiger partial charge in [0, 0.05) is 6.04 Å². The lowest BCUT2D eigenvalue weighted by Crippen LogP contribution is -2.55. The Balaban J connectivity index is 2.35. The molecule has 3 heteroatoms. The third kappa shape index (κ3) is 3.44. The van der Waals surface area contributed by atoms with E-state index >= 15 is 0 Å². The van der Waals surface area contributed by atoms with Crippen LogP contribution in [0.25, 0.3) is 0 Å². The van der Waals surface area contributed by atoms with Gasteiger partial charge in [0.05, 0.1) is 18.8 Å². The highest BCUT2D eigenvalue weighted by Gasteiger charge is 2.29. The van der Waals surface area contributed by atoms with Crippen LogP contribution >= 0.6 is 0 Å². The van der Waals surface area contributed by atoms with Gasteiger partial charge < -0.3 is 15.5 Å². The Hall–Kier alpha value is -0.120. The first-order valence-corrected chi connectivity index (χ1v) is 6.15. The van der Waals surface area contributed by atoms with E-state index in [2.05, 4.69) is 12.2 Å². The molecular weight excluding hydrogens is 190 g/mol. The SMILES string of the molecule is CCC(CO)(CO)NC(C)CC1CCC1. The highest BCUT2D eigenvalue weighted by atomic mass is 16.3. The minimum atomic E-state index is -0.483. The molecule has 0 heterocycles. The maximum absolute atomic E-state index is 9.31. The molecule has 0 aromatic rings. The molecule has 1 rings (SSSR count). The fourth-order valence-electron chi connectivity index (χ4n) is 2.28. The highest BCUT2D eigenvalue weighted by Crippen LogP contribution is 2.30. The standard InChI is InChI=1S/C12H25NO2/c1-3-12(8-14,9-15)13-10(2)7-11-5-4-6-11/h10-11,13-15H,3-9H2,1-2H3. The molecule has 1 aliphatic rings. The molecule has 1 aliphatic carbocycles. The van der Waals surface area contributed by atoms with Crippen molar-refractivity contribution in [2.75, 3.05) is 13.2 Å². The fraction of sp³-hybridized carbons (Fsp3) is 1.00. The number of hydrogen-bond donors (Lipinski definition) is 3. The third-order valence-corrected chi connectivity index (χ3v) is 3.75. The quantitative estimate of drug-likeness (QED) is 0.600. The maximum atomic E-state index is 9.31. The Bertz CT molecular complexity index is 168. The van der Waals surface area contributed by atoms with Gasteiger partial charge in [0.25, 0.3) is 0 Å². The van der Waals surface area contributed by atoms with E-state index in [0.29, 0.717) is 6.04 Å². The summed E-state index contributed by atoms with van der Waals surface area (Å²) in [6, 6.07) is 0.384. The van der Waals surface area contributed by atoms with E-state index in [-0.39, 0.29) is 13.2 Å². The van der Waals surface area contributed by atoms with Gasteiger partial charge in [-0.1, -0.05) is 26.2 Å². The van der Waals surface area contributed by atoms with E-state index in [0.717, 1.165) is 12.3 Å². The van der Waals surface area contributed by atoms with Crippen LogP contribution in [0, 0.1) is 5.92 Å². The van der Waals surface area contributed by atoms with Crippen LogP contribution < -0.4 is 5.32 Å². The van der Waals surface area contributed by atoms with E-state index < -0.39 is 5.54 Å². The lowest BCUT2D eigenvalue weighted by molar-refractivity contribution is 0.0739. The Labute approximate surface area is 92.9 Å². The van der Waals surface area contributed by atoms with Gasteiger partial charge in [0.1, 0.15) is 0 Å². The smallest absolute Gasteiger partial charge is 0.0647 e. The van der Waals surface area contributed by atoms with E-state index in [9.17, 15) is 10.2 Å². The number of hydrogen-bond acceptors (Lipinski definition) is 3. The van der Waals surface area contributed by atoms with Crippen LogP contribution in [0.4, 0.5) is 0 Å². The predicted octanol–water partition coefficient (Wildman–Crippen LogP) is 1.29. The van der Waals surface area contributed by atoms with Gasteiger partial charge in [-0.05, 0) is 25.7 Å². The van der Waals surface area contributed by atoms with Crippen molar-refractivity contribution in [2.45, 2.75) is 57.5 Å². The van der Waals surface area contributed by atoms with Gasteiger partial charge in [-0.15, -0.1) is 0 Å². The van der Waals surface area contributed by atoms with Crippen molar-refractivity contribution in [3.8, 4) is 0 Å². The first-order valence-electron chi connectivity index (χ1n) is 6.15. The second-order valence-corrected chi connectivity index (χ2v) is 5.03. The molecule has 1 fully saturated rings. The summed E-state index contributed by atoms with van der Waals surface area (Å²) in [4.78, 5) is 0. The average molecular weight is 215 g/mol. The van der Waals surface area contributed by atoms with Crippen LogP contribution in [0.5, 0.6) is 0 Å². The van der Waals surface area contributed by atoms with Gasteiger partial charge >= 0.3 is 0 Å². The zero-order valence-electron chi connectivity index (χ0n) is 10.00. The number of nitrogens with one attached hydrogen (secondary N) is 1. The highest BCUT2D eigenvalue weighted by molar-refractivity contribution is 4.88. The summed E-state index contributed by atoms with van der Waals surface area (Å²) in [7, 11) is 0. The number of aliphatic hydroxyl groups excluding tert-OH is 2. The summed E-state index contributed by atoms with van der Waals surface area (Å²) in [6.45, 7) is 4.16. The van der Waals surface area contributed by atoms with E-state index in [1.807, 2.05) is 6.92 Å². The fourth-order valence-corrected chi connectivity index (χ4v) is 2.28. The molecule has 0 aromatic carbocycles. The Morgan fingerprint density at radius 3 is 2.27 bits per heavy atom. The van der Waals surface area contributed by atoms with Crippen molar-refractivity contribution < 1.29 is 10.2 Å². The van der Waals surface area contributed by atoms with Crippen LogP contribution in [-0.4, -0.2) is 35.0 Å². The average Bonchev–Trinajstić information content (AvgIpc) is 2.20. The zero-order valence-corrected chi connectivity index (χ0v) is 10.00. The second-order valence-electron chi connectivity index (χ2n) is 5.03. The molecule has 90 valence electrons. The van der Waals surface area contributed by atoms with Crippen molar-refractivity contribution in [3.63, 3.8) is 0 Å². The van der Waals surface area contributed by atoms with Crippen LogP contribution in [0.3, 0.4) is 0 Å². The van der Waals surface area contributed by atoms with E-state index in [4.69, 9.17) is 0 Å². The summed E-state index contributed by atoms with van der Waals surface area (Å²) in [6.07, 6.45) is 6.00. The minimum absolute atomic E-state index is 0.00894. The Morgan fingerprint density at radius 1 is 1.33 bits per heavy atom. The van der Waals surface area contributed by atoms with Gasteiger partial charge in [-0.25, -0.2) is 0 Å². The van der Waals surface area contributed by atoms with Crippen molar-refractivity contribution in [2.24, 2.45) is 5.92 Å². The van der Waals surface area contributed by atoms with Crippen LogP contribution in [0.15, 0.2) is 0 Å². The number of aliphatic hydroxyl groups is 2. The molecule has 0 aliphatic heterocycles. The molecule has 3 N–H and O–H groups in total. The summed E-state index contributed by atoms with van der Waals surface area (Å²) >= 11 is 0. The van der Waals surface area contributed by atoms with Crippen molar-refractivity contribution >= 4 is 0 Å². The summed E-state index contributed by atoms with van der Waals surface area (Å²) in [5.41, 5.74) is -0.483. The van der Waals surface area contributed by atoms with E-state index in [1.165, 1.54) is 25.7 Å². The molecule has 1 unspecified atom stereocenters. The maximum Gasteiger partial charge on any atom is 0.0647 e. The largest absolute Gasteiger partial charge is 0.394 e. The summed E-state index contributed by atoms with van der Waals surface area (Å²) < 4.78 is 0. The van der Waals surface area contributed by atoms with Crippen LogP contribution in [0.1, 0.15) is 46.0 Å². The van der Waals surface area contributed by atoms with Crippen molar-refractivity contribution in [1.82, 2.24) is 5.32 Å². The molecule has 3 nitrogen and oxygen atoms in total. The normalized spacial score (nSPS) is 20.0. The third-order valence-electron chi connectivity index (χ3n) is 3.75. The second kappa shape index (κ2) is 5.83. The Kier molecular flexibility index (Phi) is 5.03. The minimum Gasteiger partial charge on any atom is -0.394 e. The number of rotatable bonds is 7. The van der Waals surface area contributed by atoms with Gasteiger partial charge in [-0.3, -0.25) is 0 Å². The molecule has 0 bridgehead atoms. The van der Waals surface area contributed by atoms with Crippen LogP contribution in [0.2, 0.25) is 0 Å². The predicted molar refractivity (Wildman–Crippen MR) is 61.7 cm³/mol. The molecule has 1 saturated carbocycles. The lowest BCUT2D eigenvalue weighted by atomic mass is 9.80. The monoisotopic (exact) mass is 215 g/mol. The molecule has 0 aromatic heterocycles. The first kappa shape index (κ1) is 12.9. The van der Waals surface area contributed by atoms with Gasteiger partial charge in [0.15, 0.2) is 0 Å². The van der Waals surface area contributed by atoms with E-state index in [1.54, 1.807) is 0 Å². The Morgan fingerprint density at radius 2 is 1.93 bits per heavy atom. The molecule has 0 saturated heterocycles. The first-order chi connectivity index (χ1) is 7.15. The molecule has 0 amide bonds. The zero-order chi connectivity index (χ0) is 11.3. The molecule has 0 spiro atoms. The lowest BCUT2D eigenvalue weighted by Gasteiger charge is -2.36. The van der Waals surface area contributed by atoms with Crippen molar-refractivity contribution in [1.29, 1.82) is 0 Å². The summed E-state index contributed by atoms with van der Waals surface area (Å²) in [5, 5.41) is 22.0. The van der Waals surface area contributed by atoms with Gasteiger partial charge in [-0.2, -0.15) is 0 Å². The molecular formula is C12H25NO2. The molecule has 1 atom stereocenters. The van der Waals surface area contributed by atoms with Crippen molar-refractivity contribution in [3.05, 3.63) is 0 Å². The summed E-state index contributed by atoms with van der Waals surface area (Å²) in [5.74, 6) is 0.861. The molecule has 15 heavy (non-hydrogen) atoms. The van der Waals surface area contributed by atoms with Crippen LogP contribution in [-0.2, 0) is 0 Å². The van der Waals surface area contributed by atoms with Gasteiger partial charge in [0.2, 0.25) is 0 Å². The molecule has 0 radical (unpaired) electrons.